The van der Waals surface area contributed by atoms with Crippen LogP contribution in [-0.2, 0) is 4.79 Å². The third-order valence-electron chi connectivity index (χ3n) is 2.46. The number of hydrogen-bond acceptors (Lipinski definition) is 3. The number of rotatable bonds is 1. The number of carbonyl (C=O) groups excluding carboxylic acids is 1. The maximum absolute atomic E-state index is 11.7. The summed E-state index contributed by atoms with van der Waals surface area (Å²) >= 11 is 16.2. The molecule has 0 saturated carbocycles. The van der Waals surface area contributed by atoms with Gasteiger partial charge in [0.25, 0.3) is 0 Å². The second-order valence-corrected chi connectivity index (χ2v) is 5.23. The van der Waals surface area contributed by atoms with Crippen molar-refractivity contribution in [1.29, 1.82) is 0 Å². The first-order valence-electron chi connectivity index (χ1n) is 4.72. The maximum atomic E-state index is 11.7. The average molecular weight is 277 g/mol. The number of benzene rings is 1. The molecular weight excluding hydrogens is 267 g/mol. The fraction of sp³-hybridized carbons (Fsp3) is 0.300. The molecule has 0 aromatic heterocycles. The fourth-order valence-electron chi connectivity index (χ4n) is 1.68. The van der Waals surface area contributed by atoms with Gasteiger partial charge in [-0.15, -0.1) is 0 Å². The topological polar surface area (TPSA) is 46.3 Å². The van der Waals surface area contributed by atoms with Crippen molar-refractivity contribution >= 4 is 53.1 Å². The van der Waals surface area contributed by atoms with Crippen LogP contribution in [0, 0.1) is 0 Å². The minimum absolute atomic E-state index is 0.00254. The molecule has 1 saturated heterocycles. The van der Waals surface area contributed by atoms with Crippen LogP contribution in [0.2, 0.25) is 10.0 Å². The molecule has 6 heteroatoms. The molecule has 1 atom stereocenters. The van der Waals surface area contributed by atoms with E-state index in [0.29, 0.717) is 34.4 Å². The number of nitrogens with two attached hydrogens (primary N) is 1. The van der Waals surface area contributed by atoms with Crippen molar-refractivity contribution in [2.24, 2.45) is 0 Å². The predicted octanol–water partition coefficient (Wildman–Crippen LogP) is 2.61. The van der Waals surface area contributed by atoms with E-state index < -0.39 is 0 Å². The molecule has 0 spiro atoms. The van der Waals surface area contributed by atoms with Gasteiger partial charge in [0, 0.05) is 18.2 Å². The van der Waals surface area contributed by atoms with Crippen molar-refractivity contribution in [1.82, 2.24) is 0 Å². The number of carbonyl (C=O) groups is 1. The minimum atomic E-state index is 0.00254. The van der Waals surface area contributed by atoms with Crippen LogP contribution in [0.1, 0.15) is 6.42 Å². The number of anilines is 2. The van der Waals surface area contributed by atoms with Crippen LogP contribution >= 0.6 is 35.8 Å². The van der Waals surface area contributed by atoms with Gasteiger partial charge in [0.1, 0.15) is 0 Å². The van der Waals surface area contributed by atoms with Gasteiger partial charge in [-0.2, -0.15) is 12.6 Å². The standard InChI is InChI=1S/C10H10Cl2N2OS/c11-6-3-9(7(12)2-8(6)13)14-4-5(16)1-10(14)15/h2-3,5,16H,1,4,13H2. The molecule has 1 aliphatic heterocycles. The van der Waals surface area contributed by atoms with E-state index in [2.05, 4.69) is 12.6 Å². The molecule has 1 amide bonds. The van der Waals surface area contributed by atoms with Crippen molar-refractivity contribution in [3.8, 4) is 0 Å². The summed E-state index contributed by atoms with van der Waals surface area (Å²) in [6.07, 6.45) is 0.418. The van der Waals surface area contributed by atoms with Crippen LogP contribution in [0.4, 0.5) is 11.4 Å². The molecule has 1 aliphatic rings. The van der Waals surface area contributed by atoms with Gasteiger partial charge in [0.2, 0.25) is 5.91 Å². The Morgan fingerprint density at radius 3 is 2.62 bits per heavy atom. The lowest BCUT2D eigenvalue weighted by Gasteiger charge is -2.18. The highest BCUT2D eigenvalue weighted by Gasteiger charge is 2.29. The smallest absolute Gasteiger partial charge is 0.228 e. The number of nitrogens with zero attached hydrogens (tertiary/aromatic N) is 1. The summed E-state index contributed by atoms with van der Waals surface area (Å²) in [5.74, 6) is 0.00254. The lowest BCUT2D eigenvalue weighted by Crippen LogP contribution is -2.25. The van der Waals surface area contributed by atoms with Crippen LogP contribution in [0.3, 0.4) is 0 Å². The monoisotopic (exact) mass is 276 g/mol. The highest BCUT2D eigenvalue weighted by molar-refractivity contribution is 7.81. The largest absolute Gasteiger partial charge is 0.397 e. The normalized spacial score (nSPS) is 20.6. The molecule has 1 fully saturated rings. The van der Waals surface area contributed by atoms with E-state index in [0.717, 1.165) is 0 Å². The Labute approximate surface area is 109 Å². The lowest BCUT2D eigenvalue weighted by atomic mass is 10.2. The van der Waals surface area contributed by atoms with Crippen molar-refractivity contribution in [3.63, 3.8) is 0 Å². The van der Waals surface area contributed by atoms with Gasteiger partial charge in [-0.05, 0) is 12.1 Å². The SMILES string of the molecule is Nc1cc(Cl)c(N2CC(S)CC2=O)cc1Cl. The van der Waals surface area contributed by atoms with E-state index in [9.17, 15) is 4.79 Å². The number of hydrogen-bond donors (Lipinski definition) is 2. The van der Waals surface area contributed by atoms with Crippen molar-refractivity contribution < 1.29 is 4.79 Å². The van der Waals surface area contributed by atoms with Crippen LogP contribution in [0.5, 0.6) is 0 Å². The van der Waals surface area contributed by atoms with Gasteiger partial charge < -0.3 is 10.6 Å². The van der Waals surface area contributed by atoms with Crippen LogP contribution in [0.25, 0.3) is 0 Å². The number of amides is 1. The first-order chi connectivity index (χ1) is 7.49. The van der Waals surface area contributed by atoms with Crippen molar-refractivity contribution in [2.45, 2.75) is 11.7 Å². The summed E-state index contributed by atoms with van der Waals surface area (Å²) in [7, 11) is 0. The van der Waals surface area contributed by atoms with E-state index in [1.54, 1.807) is 17.0 Å². The third kappa shape index (κ3) is 2.10. The van der Waals surface area contributed by atoms with Gasteiger partial charge in [-0.3, -0.25) is 4.79 Å². The molecule has 2 rings (SSSR count). The second kappa shape index (κ2) is 4.35. The molecule has 16 heavy (non-hydrogen) atoms. The summed E-state index contributed by atoms with van der Waals surface area (Å²) in [4.78, 5) is 13.3. The zero-order valence-corrected chi connectivity index (χ0v) is 10.7. The van der Waals surface area contributed by atoms with E-state index >= 15 is 0 Å². The summed E-state index contributed by atoms with van der Waals surface area (Å²) in [5, 5.41) is 0.868. The molecule has 0 radical (unpaired) electrons. The van der Waals surface area contributed by atoms with E-state index in [-0.39, 0.29) is 11.2 Å². The van der Waals surface area contributed by atoms with E-state index in [1.807, 2.05) is 0 Å². The molecule has 1 aromatic rings. The molecule has 2 N–H and O–H groups in total. The predicted molar refractivity (Wildman–Crippen MR) is 70.6 cm³/mol. The number of halogens is 2. The fourth-order valence-corrected chi connectivity index (χ4v) is 2.43. The Bertz CT molecular complexity index is 453. The molecule has 3 nitrogen and oxygen atoms in total. The van der Waals surface area contributed by atoms with Crippen LogP contribution in [0.15, 0.2) is 12.1 Å². The Morgan fingerprint density at radius 2 is 2.06 bits per heavy atom. The zero-order chi connectivity index (χ0) is 11.9. The van der Waals surface area contributed by atoms with E-state index in [1.165, 1.54) is 0 Å². The van der Waals surface area contributed by atoms with Crippen molar-refractivity contribution in [3.05, 3.63) is 22.2 Å². The van der Waals surface area contributed by atoms with Crippen molar-refractivity contribution in [2.75, 3.05) is 17.2 Å². The first-order valence-corrected chi connectivity index (χ1v) is 5.99. The van der Waals surface area contributed by atoms with Gasteiger partial charge in [0.15, 0.2) is 0 Å². The summed E-state index contributed by atoms with van der Waals surface area (Å²) in [6, 6.07) is 3.17. The summed E-state index contributed by atoms with van der Waals surface area (Å²) in [6.45, 7) is 0.544. The van der Waals surface area contributed by atoms with Gasteiger partial charge in [-0.1, -0.05) is 23.2 Å². The van der Waals surface area contributed by atoms with Gasteiger partial charge in [0.05, 0.1) is 21.4 Å². The Hall–Kier alpha value is -0.580. The molecule has 1 unspecified atom stereocenters. The molecule has 0 aliphatic carbocycles. The Balaban J connectivity index is 2.41. The Morgan fingerprint density at radius 1 is 1.38 bits per heavy atom. The van der Waals surface area contributed by atoms with E-state index in [4.69, 9.17) is 28.9 Å². The van der Waals surface area contributed by atoms with Gasteiger partial charge >= 0.3 is 0 Å². The summed E-state index contributed by atoms with van der Waals surface area (Å²) in [5.41, 5.74) is 6.62. The Kier molecular flexibility index (Phi) is 3.24. The highest BCUT2D eigenvalue weighted by atomic mass is 35.5. The average Bonchev–Trinajstić information content (AvgIpc) is 2.51. The third-order valence-corrected chi connectivity index (χ3v) is 3.44. The molecule has 86 valence electrons. The second-order valence-electron chi connectivity index (χ2n) is 3.69. The summed E-state index contributed by atoms with van der Waals surface area (Å²) < 4.78 is 0. The van der Waals surface area contributed by atoms with Crippen LogP contribution in [-0.4, -0.2) is 17.7 Å². The minimum Gasteiger partial charge on any atom is -0.397 e. The zero-order valence-electron chi connectivity index (χ0n) is 8.28. The maximum Gasteiger partial charge on any atom is 0.228 e. The molecule has 1 heterocycles. The number of thiol groups is 1. The lowest BCUT2D eigenvalue weighted by molar-refractivity contribution is -0.117. The van der Waals surface area contributed by atoms with Gasteiger partial charge in [-0.25, -0.2) is 0 Å². The molecular formula is C10H10Cl2N2OS. The first kappa shape index (κ1) is 11.9. The molecule has 0 bridgehead atoms. The highest BCUT2D eigenvalue weighted by Crippen LogP contribution is 2.35. The quantitative estimate of drug-likeness (QED) is 0.612. The van der Waals surface area contributed by atoms with Crippen LogP contribution < -0.4 is 10.6 Å². The molecule has 1 aromatic carbocycles. The number of nitrogen functional groups attached to an aromatic ring is 1.